The van der Waals surface area contributed by atoms with E-state index in [0.717, 1.165) is 30.4 Å². The van der Waals surface area contributed by atoms with Gasteiger partial charge in [0.15, 0.2) is 0 Å². The van der Waals surface area contributed by atoms with Crippen LogP contribution in [0.15, 0.2) is 24.3 Å². The molecule has 1 fully saturated rings. The van der Waals surface area contributed by atoms with E-state index in [-0.39, 0.29) is 6.10 Å². The quantitative estimate of drug-likeness (QED) is 0.839. The van der Waals surface area contributed by atoms with Gasteiger partial charge in [0, 0.05) is 11.6 Å². The lowest BCUT2D eigenvalue weighted by Gasteiger charge is -2.27. The van der Waals surface area contributed by atoms with Crippen molar-refractivity contribution in [2.45, 2.75) is 38.7 Å². The Morgan fingerprint density at radius 3 is 2.62 bits per heavy atom. The van der Waals surface area contributed by atoms with E-state index in [1.807, 2.05) is 12.1 Å². The van der Waals surface area contributed by atoms with Crippen LogP contribution in [0.3, 0.4) is 0 Å². The minimum absolute atomic E-state index is 0.214. The molecule has 0 spiro atoms. The largest absolute Gasteiger partial charge is 0.497 e. The highest BCUT2D eigenvalue weighted by atomic mass is 16.5. The van der Waals surface area contributed by atoms with Crippen molar-refractivity contribution in [3.63, 3.8) is 0 Å². The molecule has 1 aliphatic rings. The zero-order chi connectivity index (χ0) is 15.2. The number of carboxylic acids is 1. The number of carboxylic acid groups (broad SMARTS) is 1. The lowest BCUT2D eigenvalue weighted by molar-refractivity contribution is -0.131. The van der Waals surface area contributed by atoms with Crippen LogP contribution in [0.2, 0.25) is 0 Å². The Balaban J connectivity index is 2.15. The van der Waals surface area contributed by atoms with Crippen LogP contribution in [0.25, 0.3) is 6.08 Å². The van der Waals surface area contributed by atoms with Crippen LogP contribution in [-0.4, -0.2) is 24.3 Å². The summed E-state index contributed by atoms with van der Waals surface area (Å²) in [6.45, 7) is 2.27. The molecule has 2 rings (SSSR count). The molecule has 4 heteroatoms. The van der Waals surface area contributed by atoms with Crippen LogP contribution < -0.4 is 9.47 Å². The Bertz CT molecular complexity index is 514. The van der Waals surface area contributed by atoms with Crippen molar-refractivity contribution in [2.75, 3.05) is 7.11 Å². The summed E-state index contributed by atoms with van der Waals surface area (Å²) in [5, 5.41) is 8.78. The molecule has 1 aromatic rings. The van der Waals surface area contributed by atoms with Gasteiger partial charge in [0.05, 0.1) is 13.2 Å². The molecular formula is C17H22O4. The normalized spacial score (nSPS) is 22.2. The van der Waals surface area contributed by atoms with Crippen molar-refractivity contribution in [3.8, 4) is 11.5 Å². The van der Waals surface area contributed by atoms with Gasteiger partial charge in [0.1, 0.15) is 11.5 Å². The van der Waals surface area contributed by atoms with E-state index in [9.17, 15) is 4.79 Å². The van der Waals surface area contributed by atoms with Crippen LogP contribution in [0.5, 0.6) is 11.5 Å². The number of methoxy groups -OCH3 is 1. The van der Waals surface area contributed by atoms with Crippen molar-refractivity contribution in [1.82, 2.24) is 0 Å². The molecule has 1 saturated carbocycles. The molecule has 0 aromatic heterocycles. The van der Waals surface area contributed by atoms with Gasteiger partial charge in [-0.1, -0.05) is 6.92 Å². The van der Waals surface area contributed by atoms with Crippen LogP contribution >= 0.6 is 0 Å². The molecule has 0 saturated heterocycles. The number of ether oxygens (including phenoxy) is 2. The highest BCUT2D eigenvalue weighted by Gasteiger charge is 2.20. The second-order valence-electron chi connectivity index (χ2n) is 5.58. The first-order valence-corrected chi connectivity index (χ1v) is 7.34. The molecule has 0 aliphatic heterocycles. The van der Waals surface area contributed by atoms with Crippen LogP contribution in [-0.2, 0) is 4.79 Å². The van der Waals surface area contributed by atoms with Gasteiger partial charge >= 0.3 is 5.97 Å². The molecule has 0 heterocycles. The second kappa shape index (κ2) is 7.16. The fraction of sp³-hybridized carbons (Fsp3) is 0.471. The number of aliphatic carboxylic acids is 1. The summed E-state index contributed by atoms with van der Waals surface area (Å²) in [5.74, 6) is 1.19. The minimum atomic E-state index is -0.977. The van der Waals surface area contributed by atoms with Crippen LogP contribution in [0.1, 0.15) is 38.2 Å². The predicted molar refractivity (Wildman–Crippen MR) is 81.7 cm³/mol. The molecule has 114 valence electrons. The Morgan fingerprint density at radius 2 is 2.00 bits per heavy atom. The average Bonchev–Trinajstić information content (AvgIpc) is 2.48. The summed E-state index contributed by atoms with van der Waals surface area (Å²) in [5.41, 5.74) is 0.732. The van der Waals surface area contributed by atoms with E-state index in [1.165, 1.54) is 12.8 Å². The van der Waals surface area contributed by atoms with Crippen LogP contribution in [0.4, 0.5) is 0 Å². The summed E-state index contributed by atoms with van der Waals surface area (Å²) < 4.78 is 11.3. The Hall–Kier alpha value is -1.97. The van der Waals surface area contributed by atoms with E-state index >= 15 is 0 Å². The lowest BCUT2D eigenvalue weighted by Crippen LogP contribution is -2.23. The SMILES string of the molecule is COc1ccc(OC2CCC(C)CC2)c(C=CC(=O)O)c1. The molecular weight excluding hydrogens is 268 g/mol. The fourth-order valence-corrected chi connectivity index (χ4v) is 2.58. The highest BCUT2D eigenvalue weighted by molar-refractivity contribution is 5.86. The van der Waals surface area contributed by atoms with Crippen molar-refractivity contribution in [3.05, 3.63) is 29.8 Å². The molecule has 1 N–H and O–H groups in total. The van der Waals surface area contributed by atoms with E-state index in [0.29, 0.717) is 11.5 Å². The highest BCUT2D eigenvalue weighted by Crippen LogP contribution is 2.31. The molecule has 1 aromatic carbocycles. The number of hydrogen-bond donors (Lipinski definition) is 1. The monoisotopic (exact) mass is 290 g/mol. The van der Waals surface area contributed by atoms with E-state index in [2.05, 4.69) is 6.92 Å². The molecule has 4 nitrogen and oxygen atoms in total. The van der Waals surface area contributed by atoms with Gasteiger partial charge in [0.25, 0.3) is 0 Å². The zero-order valence-electron chi connectivity index (χ0n) is 12.5. The number of hydrogen-bond acceptors (Lipinski definition) is 3. The lowest BCUT2D eigenvalue weighted by atomic mass is 9.89. The van der Waals surface area contributed by atoms with E-state index < -0.39 is 5.97 Å². The van der Waals surface area contributed by atoms with Crippen molar-refractivity contribution in [1.29, 1.82) is 0 Å². The van der Waals surface area contributed by atoms with E-state index in [1.54, 1.807) is 19.3 Å². The molecule has 0 atom stereocenters. The molecule has 0 unspecified atom stereocenters. The van der Waals surface area contributed by atoms with Crippen molar-refractivity contribution < 1.29 is 19.4 Å². The van der Waals surface area contributed by atoms with Crippen LogP contribution in [0, 0.1) is 5.92 Å². The van der Waals surface area contributed by atoms with Crippen molar-refractivity contribution >= 4 is 12.0 Å². The Labute approximate surface area is 125 Å². The topological polar surface area (TPSA) is 55.8 Å². The van der Waals surface area contributed by atoms with E-state index in [4.69, 9.17) is 14.6 Å². The summed E-state index contributed by atoms with van der Waals surface area (Å²) >= 11 is 0. The number of carbonyl (C=O) groups is 1. The standard InChI is InChI=1S/C17H22O4/c1-12-3-6-14(7-4-12)21-16-9-8-15(20-2)11-13(16)5-10-17(18)19/h5,8-12,14H,3-4,6-7H2,1-2H3,(H,18,19). The third-order valence-electron chi connectivity index (χ3n) is 3.88. The first-order chi connectivity index (χ1) is 10.1. The average molecular weight is 290 g/mol. The Morgan fingerprint density at radius 1 is 1.29 bits per heavy atom. The van der Waals surface area contributed by atoms with Gasteiger partial charge < -0.3 is 14.6 Å². The fourth-order valence-electron chi connectivity index (χ4n) is 2.58. The maximum Gasteiger partial charge on any atom is 0.328 e. The van der Waals surface area contributed by atoms with Gasteiger partial charge in [-0.15, -0.1) is 0 Å². The molecule has 21 heavy (non-hydrogen) atoms. The first-order valence-electron chi connectivity index (χ1n) is 7.34. The minimum Gasteiger partial charge on any atom is -0.497 e. The second-order valence-corrected chi connectivity index (χ2v) is 5.58. The van der Waals surface area contributed by atoms with Crippen molar-refractivity contribution in [2.24, 2.45) is 5.92 Å². The van der Waals surface area contributed by atoms with Gasteiger partial charge in [-0.25, -0.2) is 4.79 Å². The third kappa shape index (κ3) is 4.52. The maximum atomic E-state index is 10.7. The third-order valence-corrected chi connectivity index (χ3v) is 3.88. The molecule has 0 bridgehead atoms. The Kier molecular flexibility index (Phi) is 5.26. The predicted octanol–water partition coefficient (Wildman–Crippen LogP) is 3.75. The summed E-state index contributed by atoms with van der Waals surface area (Å²) in [7, 11) is 1.59. The van der Waals surface area contributed by atoms with Gasteiger partial charge in [-0.2, -0.15) is 0 Å². The summed E-state index contributed by atoms with van der Waals surface area (Å²) in [6.07, 6.45) is 7.34. The molecule has 1 aliphatic carbocycles. The molecule has 0 amide bonds. The molecule has 0 radical (unpaired) electrons. The van der Waals surface area contributed by atoms with Gasteiger partial charge in [0.2, 0.25) is 0 Å². The first kappa shape index (κ1) is 15.4. The number of rotatable bonds is 5. The summed E-state index contributed by atoms with van der Waals surface area (Å²) in [4.78, 5) is 10.7. The maximum absolute atomic E-state index is 10.7. The van der Waals surface area contributed by atoms with Gasteiger partial charge in [-0.3, -0.25) is 0 Å². The number of benzene rings is 1. The summed E-state index contributed by atoms with van der Waals surface area (Å²) in [6, 6.07) is 5.47. The van der Waals surface area contributed by atoms with Gasteiger partial charge in [-0.05, 0) is 55.9 Å². The smallest absolute Gasteiger partial charge is 0.328 e. The zero-order valence-corrected chi connectivity index (χ0v) is 12.5.